The first kappa shape index (κ1) is 33.6. The van der Waals surface area contributed by atoms with Crippen LogP contribution in [0, 0.1) is 48.5 Å². The lowest BCUT2D eigenvalue weighted by molar-refractivity contribution is 0.659. The Hall–Kier alpha value is -4.27. The lowest BCUT2D eigenvalue weighted by atomic mass is 9.81. The maximum atomic E-state index is 4.44. The van der Waals surface area contributed by atoms with Crippen molar-refractivity contribution in [1.29, 1.82) is 0 Å². The molecule has 4 aromatic carbocycles. The molecule has 48 heavy (non-hydrogen) atoms. The van der Waals surface area contributed by atoms with Gasteiger partial charge in [0, 0.05) is 38.0 Å². The standard InChI is InChI=1S/C22H21N.C17H18.C7H10S/c1-14-5-9-18-19-10-8-16(17-7-6-15(2)23-13-17)12-21(19)22(3,4)20(18)11-14;1-11-5-7-13-14-8-6-12(2)10-16(14)17(3,4)15(13)9-11;1-5-4-6(2)8-7(5)3/h5-13H,1-4H3;5-10H,1-4H3;4H,1-3H3. The maximum Gasteiger partial charge on any atom is 0.0373 e. The fraction of sp³-hybridized carbons (Fsp3) is 0.283. The van der Waals surface area contributed by atoms with Gasteiger partial charge in [0.25, 0.3) is 0 Å². The van der Waals surface area contributed by atoms with Crippen LogP contribution in [0.4, 0.5) is 0 Å². The van der Waals surface area contributed by atoms with Crippen LogP contribution in [0.15, 0.2) is 97.2 Å². The second kappa shape index (κ2) is 12.6. The van der Waals surface area contributed by atoms with Crippen molar-refractivity contribution in [3.05, 3.63) is 157 Å². The summed E-state index contributed by atoms with van der Waals surface area (Å²) in [4.78, 5) is 7.30. The minimum atomic E-state index is 0.0465. The van der Waals surface area contributed by atoms with Crippen molar-refractivity contribution >= 4 is 11.3 Å². The van der Waals surface area contributed by atoms with Gasteiger partial charge in [-0.3, -0.25) is 4.98 Å². The van der Waals surface area contributed by atoms with Gasteiger partial charge in [0.2, 0.25) is 0 Å². The van der Waals surface area contributed by atoms with Gasteiger partial charge < -0.3 is 0 Å². The molecule has 2 aromatic heterocycles. The van der Waals surface area contributed by atoms with E-state index in [1.165, 1.54) is 87.6 Å². The molecule has 0 amide bonds. The van der Waals surface area contributed by atoms with Crippen LogP contribution in [-0.4, -0.2) is 4.98 Å². The minimum Gasteiger partial charge on any atom is -0.261 e. The van der Waals surface area contributed by atoms with Crippen LogP contribution in [0.25, 0.3) is 33.4 Å². The Kier molecular flexibility index (Phi) is 8.85. The molecule has 244 valence electrons. The summed E-state index contributed by atoms with van der Waals surface area (Å²) in [5.74, 6) is 0. The number of aryl methyl sites for hydroxylation is 7. The molecule has 0 aliphatic heterocycles. The number of nitrogens with zero attached hydrogens (tertiary/aromatic N) is 1. The highest BCUT2D eigenvalue weighted by Crippen LogP contribution is 2.50. The van der Waals surface area contributed by atoms with E-state index in [0.717, 1.165) is 5.69 Å². The number of rotatable bonds is 1. The van der Waals surface area contributed by atoms with Crippen LogP contribution in [0.5, 0.6) is 0 Å². The summed E-state index contributed by atoms with van der Waals surface area (Å²) in [6, 6.07) is 33.7. The largest absolute Gasteiger partial charge is 0.261 e. The Labute approximate surface area is 292 Å². The first-order chi connectivity index (χ1) is 22.7. The second-order valence-electron chi connectivity index (χ2n) is 14.9. The topological polar surface area (TPSA) is 12.9 Å². The third-order valence-electron chi connectivity index (χ3n) is 10.4. The van der Waals surface area contributed by atoms with Crippen LogP contribution in [0.3, 0.4) is 0 Å². The fourth-order valence-electron chi connectivity index (χ4n) is 7.39. The van der Waals surface area contributed by atoms with Gasteiger partial charge in [0.15, 0.2) is 0 Å². The van der Waals surface area contributed by atoms with Crippen molar-refractivity contribution in [3.8, 4) is 33.4 Å². The van der Waals surface area contributed by atoms with Crippen LogP contribution >= 0.6 is 11.3 Å². The summed E-state index contributed by atoms with van der Waals surface area (Å²) in [6.07, 6.45) is 1.97. The van der Waals surface area contributed by atoms with E-state index < -0.39 is 0 Å². The molecule has 2 aliphatic rings. The first-order valence-corrected chi connectivity index (χ1v) is 17.9. The Morgan fingerprint density at radius 1 is 0.458 bits per heavy atom. The van der Waals surface area contributed by atoms with E-state index in [9.17, 15) is 0 Å². The molecule has 0 fully saturated rings. The molecule has 6 aromatic rings. The van der Waals surface area contributed by atoms with Crippen molar-refractivity contribution in [2.45, 2.75) is 87.0 Å². The summed E-state index contributed by atoms with van der Waals surface area (Å²) in [6.45, 7) is 24.3. The van der Waals surface area contributed by atoms with Crippen LogP contribution in [0.2, 0.25) is 0 Å². The molecule has 2 aliphatic carbocycles. The molecule has 0 unspecified atom stereocenters. The highest BCUT2D eigenvalue weighted by molar-refractivity contribution is 7.12. The molecule has 0 N–H and O–H groups in total. The zero-order valence-electron chi connectivity index (χ0n) is 30.6. The molecule has 1 nitrogen and oxygen atoms in total. The van der Waals surface area contributed by atoms with Gasteiger partial charge >= 0.3 is 0 Å². The van der Waals surface area contributed by atoms with E-state index >= 15 is 0 Å². The van der Waals surface area contributed by atoms with Crippen molar-refractivity contribution in [2.24, 2.45) is 0 Å². The average Bonchev–Trinajstić information content (AvgIpc) is 3.55. The van der Waals surface area contributed by atoms with Gasteiger partial charge in [-0.15, -0.1) is 11.3 Å². The minimum absolute atomic E-state index is 0.0465. The molecule has 0 spiro atoms. The molecule has 2 heterocycles. The smallest absolute Gasteiger partial charge is 0.0373 e. The number of pyridine rings is 1. The average molecular weight is 648 g/mol. The number of benzene rings is 4. The third kappa shape index (κ3) is 6.19. The molecule has 0 atom stereocenters. The number of aromatic nitrogens is 1. The van der Waals surface area contributed by atoms with Gasteiger partial charge in [-0.05, 0) is 122 Å². The summed E-state index contributed by atoms with van der Waals surface area (Å²) >= 11 is 1.87. The Balaban J connectivity index is 0.000000140. The molecule has 2 heteroatoms. The molecular formula is C46H49NS. The Morgan fingerprint density at radius 2 is 0.875 bits per heavy atom. The van der Waals surface area contributed by atoms with E-state index in [1.807, 2.05) is 24.5 Å². The molecule has 0 saturated heterocycles. The summed E-state index contributed by atoms with van der Waals surface area (Å²) in [7, 11) is 0. The highest BCUT2D eigenvalue weighted by atomic mass is 32.1. The van der Waals surface area contributed by atoms with Gasteiger partial charge in [-0.2, -0.15) is 0 Å². The summed E-state index contributed by atoms with van der Waals surface area (Å²) in [5.41, 5.74) is 20.5. The number of fused-ring (bicyclic) bond motifs is 6. The zero-order valence-corrected chi connectivity index (χ0v) is 31.4. The third-order valence-corrected chi connectivity index (χ3v) is 11.4. The Morgan fingerprint density at radius 3 is 1.23 bits per heavy atom. The summed E-state index contributed by atoms with van der Waals surface area (Å²) in [5, 5.41) is 0. The van der Waals surface area contributed by atoms with Crippen LogP contribution in [0.1, 0.15) is 87.7 Å². The molecule has 0 saturated carbocycles. The predicted octanol–water partition coefficient (Wildman–Crippen LogP) is 13.0. The first-order valence-electron chi connectivity index (χ1n) is 17.1. The van der Waals surface area contributed by atoms with Crippen LogP contribution < -0.4 is 0 Å². The van der Waals surface area contributed by atoms with Crippen molar-refractivity contribution in [3.63, 3.8) is 0 Å². The van der Waals surface area contributed by atoms with Crippen molar-refractivity contribution in [2.75, 3.05) is 0 Å². The molecular weight excluding hydrogens is 599 g/mol. The van der Waals surface area contributed by atoms with Crippen molar-refractivity contribution in [1.82, 2.24) is 4.98 Å². The van der Waals surface area contributed by atoms with Gasteiger partial charge in [0.05, 0.1) is 0 Å². The van der Waals surface area contributed by atoms with Crippen molar-refractivity contribution < 1.29 is 0 Å². The number of thiophene rings is 1. The van der Waals surface area contributed by atoms with Gasteiger partial charge in [-0.1, -0.05) is 117 Å². The normalized spacial score (nSPS) is 14.1. The molecule has 8 rings (SSSR count). The lowest BCUT2D eigenvalue weighted by Gasteiger charge is -2.22. The molecule has 0 bridgehead atoms. The van der Waals surface area contributed by atoms with E-state index in [4.69, 9.17) is 0 Å². The highest BCUT2D eigenvalue weighted by Gasteiger charge is 2.36. The number of hydrogen-bond donors (Lipinski definition) is 0. The van der Waals surface area contributed by atoms with E-state index in [2.05, 4.69) is 165 Å². The number of hydrogen-bond acceptors (Lipinski definition) is 2. The fourth-order valence-corrected chi connectivity index (χ4v) is 8.33. The van der Waals surface area contributed by atoms with E-state index in [0.29, 0.717) is 0 Å². The van der Waals surface area contributed by atoms with E-state index in [-0.39, 0.29) is 10.8 Å². The maximum absolute atomic E-state index is 4.44. The predicted molar refractivity (Wildman–Crippen MR) is 209 cm³/mol. The summed E-state index contributed by atoms with van der Waals surface area (Å²) < 4.78 is 0. The quantitative estimate of drug-likeness (QED) is 0.173. The second-order valence-corrected chi connectivity index (χ2v) is 16.4. The van der Waals surface area contributed by atoms with Gasteiger partial charge in [0.1, 0.15) is 0 Å². The molecule has 0 radical (unpaired) electrons. The lowest BCUT2D eigenvalue weighted by Crippen LogP contribution is -2.15. The van der Waals surface area contributed by atoms with Crippen LogP contribution in [-0.2, 0) is 10.8 Å². The Bertz CT molecular complexity index is 2070. The van der Waals surface area contributed by atoms with E-state index in [1.54, 1.807) is 0 Å². The monoisotopic (exact) mass is 647 g/mol. The zero-order chi connectivity index (χ0) is 34.5. The SMILES string of the molecule is Cc1cc(C)c(C)s1.Cc1ccc2c(c1)C(C)(C)c1cc(-c3ccc(C)nc3)ccc1-2.Cc1ccc2c(c1)C(C)(C)c1cc(C)ccc1-2. The van der Waals surface area contributed by atoms with Gasteiger partial charge in [-0.25, -0.2) is 0 Å².